The molecule has 5 aromatic carbocycles. The third-order valence-electron chi connectivity index (χ3n) is 11.8. The molecule has 0 unspecified atom stereocenters. The van der Waals surface area contributed by atoms with Crippen molar-refractivity contribution < 1.29 is 37.6 Å². The highest BCUT2D eigenvalue weighted by atomic mass is 28.4. The van der Waals surface area contributed by atoms with Crippen molar-refractivity contribution in [3.63, 3.8) is 0 Å². The molecule has 0 aromatic heterocycles. The summed E-state index contributed by atoms with van der Waals surface area (Å²) in [6.07, 6.45) is -2.51. The normalized spacial score (nSPS) is 17.5. The molecular weight excluding hydrogens is 833 g/mol. The molecule has 1 aliphatic heterocycles. The first-order valence-electron chi connectivity index (χ1n) is 23.0. The van der Waals surface area contributed by atoms with Gasteiger partial charge >= 0.3 is 0 Å². The number of hydrogen-bond acceptors (Lipinski definition) is 8. The quantitative estimate of drug-likeness (QED) is 0.0326. The Kier molecular flexibility index (Phi) is 18.3. The Balaban J connectivity index is 1.42. The minimum Gasteiger partial charge on any atom is -0.407 e. The third kappa shape index (κ3) is 14.4. The van der Waals surface area contributed by atoms with E-state index in [0.29, 0.717) is 46.1 Å². The van der Waals surface area contributed by atoms with Gasteiger partial charge in [0.2, 0.25) is 0 Å². The van der Waals surface area contributed by atoms with Gasteiger partial charge in [-0.1, -0.05) is 192 Å². The van der Waals surface area contributed by atoms with E-state index < -0.39 is 52.7 Å². The Morgan fingerprint density at radius 1 is 0.594 bits per heavy atom. The molecule has 5 atom stereocenters. The molecule has 0 aliphatic carbocycles. The molecule has 64 heavy (non-hydrogen) atoms. The Morgan fingerprint density at radius 3 is 1.52 bits per heavy atom. The minimum atomic E-state index is -2.90. The van der Waals surface area contributed by atoms with Crippen LogP contribution < -0.4 is 10.4 Å². The van der Waals surface area contributed by atoms with Crippen molar-refractivity contribution >= 4 is 26.8 Å². The van der Waals surface area contributed by atoms with Crippen LogP contribution in [0.25, 0.3) is 0 Å². The zero-order chi connectivity index (χ0) is 45.5. The van der Waals surface area contributed by atoms with Crippen molar-refractivity contribution in [3.05, 3.63) is 168 Å². The lowest BCUT2D eigenvalue weighted by atomic mass is 9.96. The van der Waals surface area contributed by atoms with E-state index in [2.05, 4.69) is 137 Å². The highest BCUT2D eigenvalue weighted by Crippen LogP contribution is 2.38. The average Bonchev–Trinajstić information content (AvgIpc) is 3.65. The van der Waals surface area contributed by atoms with Gasteiger partial charge in [0, 0.05) is 21.3 Å². The summed E-state index contributed by atoms with van der Waals surface area (Å²) in [7, 11) is -4.27. The van der Waals surface area contributed by atoms with Gasteiger partial charge in [0.25, 0.3) is 8.32 Å². The molecule has 1 aliphatic rings. The van der Waals surface area contributed by atoms with Gasteiger partial charge in [-0.05, 0) is 58.4 Å². The van der Waals surface area contributed by atoms with Crippen molar-refractivity contribution in [2.45, 2.75) is 128 Å². The molecule has 1 fully saturated rings. The van der Waals surface area contributed by atoms with Crippen LogP contribution >= 0.6 is 0 Å². The maximum atomic E-state index is 7.54. The van der Waals surface area contributed by atoms with E-state index in [9.17, 15) is 0 Å². The third-order valence-corrected chi connectivity index (χ3v) is 18.5. The van der Waals surface area contributed by atoms with Gasteiger partial charge in [0.15, 0.2) is 5.79 Å². The maximum Gasteiger partial charge on any atom is 0.261 e. The van der Waals surface area contributed by atoms with Crippen LogP contribution in [0.4, 0.5) is 0 Å². The van der Waals surface area contributed by atoms with E-state index >= 15 is 0 Å². The summed E-state index contributed by atoms with van der Waals surface area (Å²) in [5.74, 6) is -0.813. The van der Waals surface area contributed by atoms with E-state index in [0.717, 1.165) is 22.7 Å². The zero-order valence-electron chi connectivity index (χ0n) is 39.5. The van der Waals surface area contributed by atoms with Gasteiger partial charge in [-0.2, -0.15) is 0 Å². The highest BCUT2D eigenvalue weighted by Gasteiger charge is 2.51. The molecule has 0 amide bonds. The van der Waals surface area contributed by atoms with Crippen molar-refractivity contribution in [1.82, 2.24) is 0 Å². The molecule has 8 nitrogen and oxygen atoms in total. The first kappa shape index (κ1) is 49.6. The van der Waals surface area contributed by atoms with Crippen LogP contribution in [0.5, 0.6) is 0 Å². The van der Waals surface area contributed by atoms with E-state index in [-0.39, 0.29) is 11.8 Å². The fourth-order valence-corrected chi connectivity index (χ4v) is 13.7. The summed E-state index contributed by atoms with van der Waals surface area (Å²) < 4.78 is 55.1. The van der Waals surface area contributed by atoms with Crippen LogP contribution in [0.2, 0.25) is 30.7 Å². The second-order valence-electron chi connectivity index (χ2n) is 19.5. The van der Waals surface area contributed by atoms with Crippen LogP contribution in [0.1, 0.15) is 57.7 Å². The average molecular weight is 905 g/mol. The number of rotatable bonds is 25. The number of benzene rings is 5. The van der Waals surface area contributed by atoms with E-state index in [1.807, 2.05) is 68.4 Å². The zero-order valence-corrected chi connectivity index (χ0v) is 41.5. The number of hydrogen-bond donors (Lipinski definition) is 0. The van der Waals surface area contributed by atoms with Gasteiger partial charge in [0.05, 0.1) is 32.5 Å². The molecule has 0 saturated carbocycles. The summed E-state index contributed by atoms with van der Waals surface area (Å²) in [5.41, 5.74) is 3.12. The van der Waals surface area contributed by atoms with Gasteiger partial charge in [-0.25, -0.2) is 0 Å². The van der Waals surface area contributed by atoms with Crippen molar-refractivity contribution in [2.24, 2.45) is 0 Å². The summed E-state index contributed by atoms with van der Waals surface area (Å²) in [5, 5.41) is 2.23. The largest absolute Gasteiger partial charge is 0.407 e. The van der Waals surface area contributed by atoms with Crippen LogP contribution in [0, 0.1) is 0 Å². The first-order valence-corrected chi connectivity index (χ1v) is 28.6. The van der Waals surface area contributed by atoms with E-state index in [4.69, 9.17) is 37.6 Å². The molecule has 0 bridgehead atoms. The predicted octanol–water partition coefficient (Wildman–Crippen LogP) is 10.6. The molecule has 344 valence electrons. The smallest absolute Gasteiger partial charge is 0.261 e. The molecule has 0 N–H and O–H groups in total. The monoisotopic (exact) mass is 904 g/mol. The summed E-state index contributed by atoms with van der Waals surface area (Å²) in [6.45, 7) is 20.3. The Morgan fingerprint density at radius 2 is 1.06 bits per heavy atom. The topological polar surface area (TPSA) is 73.8 Å². The Bertz CT molecular complexity index is 2000. The van der Waals surface area contributed by atoms with Gasteiger partial charge in [0.1, 0.15) is 31.2 Å². The summed E-state index contributed by atoms with van der Waals surface area (Å²) in [6, 6.07) is 53.3. The molecule has 1 heterocycles. The lowest BCUT2D eigenvalue weighted by Crippen LogP contribution is -2.66. The van der Waals surface area contributed by atoms with Crippen LogP contribution in [-0.4, -0.2) is 79.3 Å². The lowest BCUT2D eigenvalue weighted by molar-refractivity contribution is -0.234. The van der Waals surface area contributed by atoms with Gasteiger partial charge in [-0.15, -0.1) is 0 Å². The second-order valence-corrected chi connectivity index (χ2v) is 29.4. The minimum absolute atomic E-state index is 0.0556. The van der Waals surface area contributed by atoms with Crippen LogP contribution in [0.15, 0.2) is 152 Å². The molecule has 10 heteroatoms. The van der Waals surface area contributed by atoms with Crippen molar-refractivity contribution in [2.75, 3.05) is 26.6 Å². The predicted molar refractivity (Wildman–Crippen MR) is 262 cm³/mol. The SMILES string of the molecule is CC1(C)OC[C@@H]([C@@H](OCc2ccccc2)[C@H](OCc2ccccc2)[C@@H](OCOCC[Si](C)(C)C)[C@H](CCO[Si](c2ccccc2)(c2ccccc2)C(C)(C)C)OCc2ccccc2)O1. The van der Waals surface area contributed by atoms with E-state index in [1.165, 1.54) is 10.4 Å². The fourth-order valence-electron chi connectivity index (χ4n) is 8.39. The van der Waals surface area contributed by atoms with Crippen molar-refractivity contribution in [3.8, 4) is 0 Å². The molecule has 1 saturated heterocycles. The Hall–Kier alpha value is -3.79. The molecule has 0 spiro atoms. The fraction of sp³-hybridized carbons (Fsp3) is 0.444. The number of ether oxygens (including phenoxy) is 7. The van der Waals surface area contributed by atoms with Gasteiger partial charge < -0.3 is 37.6 Å². The second kappa shape index (κ2) is 23.6. The summed E-state index contributed by atoms with van der Waals surface area (Å²) in [4.78, 5) is 0. The Labute approximate surface area is 385 Å². The van der Waals surface area contributed by atoms with E-state index in [1.54, 1.807) is 0 Å². The molecule has 5 aromatic rings. The van der Waals surface area contributed by atoms with Crippen LogP contribution in [0.3, 0.4) is 0 Å². The standard InChI is InChI=1S/C54H72O8Si2/c1-53(2,3)64(46-30-20-12-21-31-46,47-32-22-13-23-33-47)61-35-34-48(56-38-43-24-14-9-15-25-43)50(59-42-55-36-37-63(6,7)8)52(58-40-45-28-18-11-19-29-45)51(49-41-60-54(4,5)62-49)57-39-44-26-16-10-17-27-44/h9-33,48-52H,34-42H2,1-8H3/t48-,49-,50-,51+,52+/m0/s1. The van der Waals surface area contributed by atoms with Crippen LogP contribution in [-0.2, 0) is 57.4 Å². The van der Waals surface area contributed by atoms with Crippen molar-refractivity contribution in [1.29, 1.82) is 0 Å². The molecule has 6 rings (SSSR count). The molecular formula is C54H72O8Si2. The maximum absolute atomic E-state index is 7.54. The highest BCUT2D eigenvalue weighted by molar-refractivity contribution is 6.99. The first-order chi connectivity index (χ1) is 30.7. The summed E-state index contributed by atoms with van der Waals surface area (Å²) >= 11 is 0. The van der Waals surface area contributed by atoms with Gasteiger partial charge in [-0.3, -0.25) is 0 Å². The lowest BCUT2D eigenvalue weighted by Gasteiger charge is -2.44. The molecule has 0 radical (unpaired) electrons.